The van der Waals surface area contributed by atoms with E-state index in [1.165, 1.54) is 0 Å². The fraction of sp³-hybridized carbons (Fsp3) is 0.692. The molecule has 0 radical (unpaired) electrons. The van der Waals surface area contributed by atoms with Crippen LogP contribution in [0.25, 0.3) is 0 Å². The first kappa shape index (κ1) is 15.5. The third-order valence-electron chi connectivity index (χ3n) is 3.91. The van der Waals surface area contributed by atoms with Gasteiger partial charge in [-0.15, -0.1) is 11.3 Å². The lowest BCUT2D eigenvalue weighted by Gasteiger charge is -2.29. The number of rotatable bonds is 2. The lowest BCUT2D eigenvalue weighted by Crippen LogP contribution is -2.44. The minimum atomic E-state index is -4.42. The highest BCUT2D eigenvalue weighted by molar-refractivity contribution is 7.13. The Morgan fingerprint density at radius 3 is 2.68 bits per heavy atom. The molecule has 2 aliphatic rings. The minimum Gasteiger partial charge on any atom is -0.378 e. The summed E-state index contributed by atoms with van der Waals surface area (Å²) in [6.07, 6.45) is -3.77. The van der Waals surface area contributed by atoms with Crippen molar-refractivity contribution in [2.75, 3.05) is 44.3 Å². The van der Waals surface area contributed by atoms with Gasteiger partial charge < -0.3 is 14.5 Å². The Morgan fingerprint density at radius 1 is 1.32 bits per heavy atom. The Hall–Kier alpha value is -1.35. The Kier molecular flexibility index (Phi) is 4.26. The maximum atomic E-state index is 12.6. The molecule has 2 fully saturated rings. The van der Waals surface area contributed by atoms with Crippen molar-refractivity contribution in [1.82, 2.24) is 9.88 Å². The third-order valence-corrected chi connectivity index (χ3v) is 4.81. The van der Waals surface area contributed by atoms with Gasteiger partial charge in [0.05, 0.1) is 19.1 Å². The van der Waals surface area contributed by atoms with Crippen molar-refractivity contribution in [3.63, 3.8) is 0 Å². The van der Waals surface area contributed by atoms with E-state index in [1.807, 2.05) is 0 Å². The van der Waals surface area contributed by atoms with Crippen LogP contribution in [0.2, 0.25) is 0 Å². The molecule has 5 nitrogen and oxygen atoms in total. The fourth-order valence-corrected chi connectivity index (χ4v) is 3.59. The van der Waals surface area contributed by atoms with Gasteiger partial charge in [0.15, 0.2) is 10.8 Å². The molecule has 1 aromatic rings. The quantitative estimate of drug-likeness (QED) is 0.827. The zero-order valence-corrected chi connectivity index (χ0v) is 12.6. The van der Waals surface area contributed by atoms with Gasteiger partial charge in [-0.2, -0.15) is 13.2 Å². The molecule has 9 heteroatoms. The van der Waals surface area contributed by atoms with Crippen LogP contribution in [0.4, 0.5) is 18.3 Å². The number of halogens is 3. The van der Waals surface area contributed by atoms with E-state index in [0.717, 1.165) is 16.7 Å². The Balaban J connectivity index is 1.62. The van der Waals surface area contributed by atoms with Crippen LogP contribution in [0, 0.1) is 5.92 Å². The van der Waals surface area contributed by atoms with Crippen molar-refractivity contribution < 1.29 is 22.7 Å². The van der Waals surface area contributed by atoms with Gasteiger partial charge in [-0.1, -0.05) is 0 Å². The monoisotopic (exact) mass is 335 g/mol. The van der Waals surface area contributed by atoms with Gasteiger partial charge in [0.1, 0.15) is 0 Å². The second-order valence-corrected chi connectivity index (χ2v) is 6.22. The average molecular weight is 335 g/mol. The van der Waals surface area contributed by atoms with E-state index in [4.69, 9.17) is 4.74 Å². The number of thiazole rings is 1. The minimum absolute atomic E-state index is 0.0680. The summed E-state index contributed by atoms with van der Waals surface area (Å²) < 4.78 is 43.0. The van der Waals surface area contributed by atoms with Crippen LogP contribution in [0.5, 0.6) is 0 Å². The summed E-state index contributed by atoms with van der Waals surface area (Å²) in [7, 11) is 0. The van der Waals surface area contributed by atoms with Crippen LogP contribution in [-0.2, 0) is 15.7 Å². The molecule has 0 saturated carbocycles. The summed E-state index contributed by atoms with van der Waals surface area (Å²) in [5, 5.41) is 1.36. The summed E-state index contributed by atoms with van der Waals surface area (Å²) in [5.41, 5.74) is -0.865. The van der Waals surface area contributed by atoms with E-state index < -0.39 is 11.9 Å². The van der Waals surface area contributed by atoms with Crippen molar-refractivity contribution in [3.05, 3.63) is 11.1 Å². The zero-order valence-electron chi connectivity index (χ0n) is 11.8. The third kappa shape index (κ3) is 3.19. The largest absolute Gasteiger partial charge is 0.434 e. The molecule has 1 unspecified atom stereocenters. The normalized spacial score (nSPS) is 23.1. The van der Waals surface area contributed by atoms with Crippen molar-refractivity contribution in [2.45, 2.75) is 12.6 Å². The molecule has 1 amide bonds. The lowest BCUT2D eigenvalue weighted by molar-refractivity contribution is -0.141. The molecule has 3 heterocycles. The molecule has 22 heavy (non-hydrogen) atoms. The van der Waals surface area contributed by atoms with Gasteiger partial charge in [-0.25, -0.2) is 4.98 Å². The predicted octanol–water partition coefficient (Wildman–Crippen LogP) is 1.85. The number of carbonyl (C=O) groups excluding carboxylic acids is 1. The summed E-state index contributed by atoms with van der Waals surface area (Å²) in [6.45, 7) is 3.26. The van der Waals surface area contributed by atoms with Crippen molar-refractivity contribution in [1.29, 1.82) is 0 Å². The van der Waals surface area contributed by atoms with E-state index in [-0.39, 0.29) is 11.8 Å². The first-order valence-corrected chi connectivity index (χ1v) is 7.97. The molecule has 2 saturated heterocycles. The van der Waals surface area contributed by atoms with Gasteiger partial charge in [0, 0.05) is 31.6 Å². The van der Waals surface area contributed by atoms with E-state index in [0.29, 0.717) is 50.9 Å². The second-order valence-electron chi connectivity index (χ2n) is 5.38. The molecule has 2 aliphatic heterocycles. The maximum absolute atomic E-state index is 12.6. The van der Waals surface area contributed by atoms with Gasteiger partial charge in [-0.05, 0) is 6.42 Å². The molecule has 0 aromatic carbocycles. The van der Waals surface area contributed by atoms with Gasteiger partial charge in [0.2, 0.25) is 5.91 Å². The number of alkyl halides is 3. The Labute approximate surface area is 129 Å². The molecule has 122 valence electrons. The molecule has 1 aromatic heterocycles. The van der Waals surface area contributed by atoms with Crippen molar-refractivity contribution in [2.24, 2.45) is 5.92 Å². The number of ether oxygens (including phenoxy) is 1. The maximum Gasteiger partial charge on any atom is 0.434 e. The highest BCUT2D eigenvalue weighted by Gasteiger charge is 2.37. The molecule has 3 rings (SSSR count). The van der Waals surface area contributed by atoms with E-state index in [9.17, 15) is 18.0 Å². The van der Waals surface area contributed by atoms with Crippen LogP contribution in [-0.4, -0.2) is 55.2 Å². The molecular formula is C13H16F3N3O2S. The smallest absolute Gasteiger partial charge is 0.378 e. The first-order valence-electron chi connectivity index (χ1n) is 7.09. The second kappa shape index (κ2) is 6.04. The highest BCUT2D eigenvalue weighted by atomic mass is 32.1. The van der Waals surface area contributed by atoms with Crippen molar-refractivity contribution >= 4 is 22.4 Å². The number of carbonyl (C=O) groups is 1. The van der Waals surface area contributed by atoms with Crippen LogP contribution in [0.3, 0.4) is 0 Å². The number of hydrogen-bond acceptors (Lipinski definition) is 5. The van der Waals surface area contributed by atoms with E-state index >= 15 is 0 Å². The van der Waals surface area contributed by atoms with Crippen molar-refractivity contribution in [3.8, 4) is 0 Å². The predicted molar refractivity (Wildman–Crippen MR) is 74.8 cm³/mol. The average Bonchev–Trinajstić information content (AvgIpc) is 3.15. The lowest BCUT2D eigenvalue weighted by atomic mass is 10.1. The number of aromatic nitrogens is 1. The summed E-state index contributed by atoms with van der Waals surface area (Å²) in [4.78, 5) is 19.6. The molecular weight excluding hydrogens is 319 g/mol. The number of hydrogen-bond donors (Lipinski definition) is 0. The SMILES string of the molecule is O=C(C1CCN(c2nc(C(F)(F)F)cs2)C1)N1CCOCC1. The summed E-state index contributed by atoms with van der Waals surface area (Å²) in [6, 6.07) is 0. The van der Waals surface area contributed by atoms with E-state index in [1.54, 1.807) is 9.80 Å². The van der Waals surface area contributed by atoms with Crippen LogP contribution in [0.1, 0.15) is 12.1 Å². The van der Waals surface area contributed by atoms with Crippen LogP contribution < -0.4 is 4.90 Å². The molecule has 1 atom stereocenters. The number of morpholine rings is 1. The Morgan fingerprint density at radius 2 is 2.05 bits per heavy atom. The Bertz CT molecular complexity index is 543. The summed E-state index contributed by atoms with van der Waals surface area (Å²) in [5.74, 6) is -0.102. The standard InChI is InChI=1S/C13H16F3N3O2S/c14-13(15,16)10-8-22-12(17-10)19-2-1-9(7-19)11(20)18-3-5-21-6-4-18/h8-9H,1-7H2. The topological polar surface area (TPSA) is 45.7 Å². The van der Waals surface area contributed by atoms with E-state index in [2.05, 4.69) is 4.98 Å². The molecule has 0 N–H and O–H groups in total. The molecule has 0 aliphatic carbocycles. The van der Waals surface area contributed by atoms with Gasteiger partial charge in [0.25, 0.3) is 0 Å². The first-order chi connectivity index (χ1) is 10.4. The molecule has 0 bridgehead atoms. The number of anilines is 1. The highest BCUT2D eigenvalue weighted by Crippen LogP contribution is 2.34. The van der Waals surface area contributed by atoms with Crippen LogP contribution in [0.15, 0.2) is 5.38 Å². The van der Waals surface area contributed by atoms with Gasteiger partial charge in [-0.3, -0.25) is 4.79 Å². The summed E-state index contributed by atoms with van der Waals surface area (Å²) >= 11 is 0.973. The molecule has 0 spiro atoms. The number of amides is 1. The number of nitrogens with zero attached hydrogens (tertiary/aromatic N) is 3. The van der Waals surface area contributed by atoms with Crippen LogP contribution >= 0.6 is 11.3 Å². The fourth-order valence-electron chi connectivity index (χ4n) is 2.72. The zero-order chi connectivity index (χ0) is 15.7. The van der Waals surface area contributed by atoms with Gasteiger partial charge >= 0.3 is 6.18 Å².